The first-order valence-corrected chi connectivity index (χ1v) is 37.6. The fraction of sp³-hybridized carbons (Fsp3) is 0.0909. The first kappa shape index (κ1) is 73.7. The van der Waals surface area contributed by atoms with Crippen LogP contribution in [-0.4, -0.2) is 0 Å². The molecule has 0 saturated carbocycles. The average molecular weight is 1380 g/mol. The Bertz CT molecular complexity index is 3020. The van der Waals surface area contributed by atoms with E-state index in [1.54, 1.807) is 0 Å². The number of hydrogen-bond donors (Lipinski definition) is 0. The minimum Gasteiger partial charge on any atom is -0.0882 e. The molecule has 0 unspecified atom stereocenters. The van der Waals surface area contributed by atoms with Crippen molar-refractivity contribution in [3.05, 3.63) is 413 Å². The van der Waals surface area contributed by atoms with Crippen LogP contribution in [0.3, 0.4) is 0 Å². The van der Waals surface area contributed by atoms with Gasteiger partial charge in [-0.15, -0.1) is 0 Å². The van der Waals surface area contributed by atoms with Gasteiger partial charge in [0.15, 0.2) is 0 Å². The Morgan fingerprint density at radius 2 is 0.191 bits per heavy atom. The second kappa shape index (κ2) is 44.8. The van der Waals surface area contributed by atoms with Crippen molar-refractivity contribution in [3.8, 4) is 0 Å². The van der Waals surface area contributed by atoms with Gasteiger partial charge in [-0.2, -0.15) is 0 Å². The van der Waals surface area contributed by atoms with Crippen LogP contribution in [0, 0.1) is 0 Å². The maximum absolute atomic E-state index is 2.27. The molecule has 12 aromatic rings. The number of hydrogen-bond acceptors (Lipinski definition) is 0. The van der Waals surface area contributed by atoms with E-state index < -0.39 is 31.7 Å². The molecule has 0 heterocycles. The van der Waals surface area contributed by atoms with Crippen LogP contribution >= 0.6 is 31.7 Å². The molecule has 0 nitrogen and oxygen atoms in total. The molecule has 0 aromatic heterocycles. The fourth-order valence-electron chi connectivity index (χ4n) is 10.4. The molecule has 0 atom stereocenters. The van der Waals surface area contributed by atoms with Gasteiger partial charge in [0.05, 0.1) is 0 Å². The molecular weight excluding hydrogens is 1300 g/mol. The predicted molar refractivity (Wildman–Crippen MR) is 414 cm³/mol. The Kier molecular flexibility index (Phi) is 35.1. The minimum atomic E-state index is -0.446. The molecule has 12 aromatic carbocycles. The summed E-state index contributed by atoms with van der Waals surface area (Å²) in [6, 6.07) is 129. The molecule has 0 fully saturated rings. The summed E-state index contributed by atoms with van der Waals surface area (Å²) in [5.74, 6) is 0. The van der Waals surface area contributed by atoms with E-state index >= 15 is 0 Å². The maximum atomic E-state index is 2.27. The van der Waals surface area contributed by atoms with Gasteiger partial charge in [-0.25, -0.2) is 0 Å². The Morgan fingerprint density at radius 1 is 0.117 bits per heavy atom. The molecule has 476 valence electrons. The van der Waals surface area contributed by atoms with Crippen molar-refractivity contribution >= 4 is 95.3 Å². The Morgan fingerprint density at radius 3 is 0.266 bits per heavy atom. The predicted octanol–water partition coefficient (Wildman–Crippen LogP) is 19.1. The average Bonchev–Trinajstić information content (AvgIpc) is 0.966. The molecule has 2 aliphatic rings. The van der Waals surface area contributed by atoms with Gasteiger partial charge in [0.1, 0.15) is 0 Å². The van der Waals surface area contributed by atoms with Crippen LogP contribution < -0.4 is 63.7 Å². The zero-order chi connectivity index (χ0) is 63.0. The Labute approximate surface area is 587 Å². The number of allylic oxidation sites excluding steroid dienone is 8. The SMILES string of the molecule is C1=CCC/C=C\CC1.C1=CCC/C=C\CC1.[Ni].[Ni].c1ccc(P(c2ccccc2)c2ccccc2)cc1.c1ccc(P(c2ccccc2)c2ccccc2)cc1.c1ccc(P(c2ccccc2)c2ccccc2)cc1.c1ccc(P(c2ccccc2)c2ccccc2)cc1. The van der Waals surface area contributed by atoms with Crippen molar-refractivity contribution < 1.29 is 33.0 Å². The van der Waals surface area contributed by atoms with Gasteiger partial charge in [0.2, 0.25) is 0 Å². The van der Waals surface area contributed by atoms with E-state index in [0.29, 0.717) is 0 Å². The molecule has 6 heteroatoms. The standard InChI is InChI=1S/4C18H15P.2C8H12.2Ni/c4*1-4-10-16(11-5-1)19(17-12-6-2-7-13-17)18-14-8-3-9-15-18;2*1-2-4-6-8-7-5-3-1;;/h4*1-15H;2*1-2,7-8H,3-6H2;;/b;;;;2*2-1-,8-7?;;. The molecule has 2 aliphatic carbocycles. The molecule has 14 rings (SSSR count). The first-order valence-electron chi connectivity index (χ1n) is 32.2. The Hall–Kier alpha value is -7.69. The Balaban J connectivity index is 0.000000163. The zero-order valence-electron chi connectivity index (χ0n) is 53.3. The third kappa shape index (κ3) is 25.2. The summed E-state index contributed by atoms with van der Waals surface area (Å²) >= 11 is 0. The minimum absolute atomic E-state index is 0. The van der Waals surface area contributed by atoms with Crippen LogP contribution in [0.25, 0.3) is 0 Å². The molecule has 0 amide bonds. The van der Waals surface area contributed by atoms with Gasteiger partial charge in [-0.05, 0) is 147 Å². The molecule has 0 aliphatic heterocycles. The smallest absolute Gasteiger partial charge is 0 e. The largest absolute Gasteiger partial charge is 0.0882 e. The van der Waals surface area contributed by atoms with Crippen LogP contribution in [-0.2, 0) is 33.0 Å². The molecule has 0 radical (unpaired) electrons. The van der Waals surface area contributed by atoms with Crippen molar-refractivity contribution in [3.63, 3.8) is 0 Å². The topological polar surface area (TPSA) is 0 Å². The molecule has 0 saturated heterocycles. The van der Waals surface area contributed by atoms with Gasteiger partial charge in [-0.3, -0.25) is 0 Å². The molecular formula is C88H84Ni2P4. The molecule has 0 spiro atoms. The second-order valence-electron chi connectivity index (χ2n) is 21.6. The monoisotopic (exact) mass is 1380 g/mol. The van der Waals surface area contributed by atoms with E-state index in [9.17, 15) is 0 Å². The maximum Gasteiger partial charge on any atom is 0 e. The van der Waals surface area contributed by atoms with Crippen LogP contribution in [0.15, 0.2) is 413 Å². The summed E-state index contributed by atoms with van der Waals surface area (Å²) in [6.07, 6.45) is 28.0. The van der Waals surface area contributed by atoms with Crippen LogP contribution in [0.4, 0.5) is 0 Å². The zero-order valence-corrected chi connectivity index (χ0v) is 58.9. The first-order chi connectivity index (χ1) is 45.8. The van der Waals surface area contributed by atoms with E-state index in [2.05, 4.69) is 413 Å². The molecule has 0 N–H and O–H groups in total. The van der Waals surface area contributed by atoms with Crippen LogP contribution in [0.2, 0.25) is 0 Å². The van der Waals surface area contributed by atoms with E-state index in [-0.39, 0.29) is 33.0 Å². The van der Waals surface area contributed by atoms with Crippen molar-refractivity contribution in [1.82, 2.24) is 0 Å². The van der Waals surface area contributed by atoms with Crippen molar-refractivity contribution in [2.24, 2.45) is 0 Å². The van der Waals surface area contributed by atoms with Crippen molar-refractivity contribution in [1.29, 1.82) is 0 Å². The second-order valence-corrected chi connectivity index (χ2v) is 30.4. The van der Waals surface area contributed by atoms with E-state index in [1.165, 1.54) is 115 Å². The number of benzene rings is 12. The number of rotatable bonds is 12. The molecule has 0 bridgehead atoms. The van der Waals surface area contributed by atoms with Gasteiger partial charge >= 0.3 is 0 Å². The van der Waals surface area contributed by atoms with Gasteiger partial charge in [0, 0.05) is 33.0 Å². The van der Waals surface area contributed by atoms with E-state index in [4.69, 9.17) is 0 Å². The summed E-state index contributed by atoms with van der Waals surface area (Å²) in [5, 5.41) is 16.8. The van der Waals surface area contributed by atoms with Crippen LogP contribution in [0.1, 0.15) is 51.4 Å². The third-order valence-corrected chi connectivity index (χ3v) is 24.6. The summed E-state index contributed by atoms with van der Waals surface area (Å²) in [7, 11) is -1.78. The van der Waals surface area contributed by atoms with E-state index in [1.807, 2.05) is 0 Å². The normalized spacial score (nSPS) is 12.6. The summed E-state index contributed by atoms with van der Waals surface area (Å²) in [6.45, 7) is 0. The van der Waals surface area contributed by atoms with E-state index in [0.717, 1.165) is 0 Å². The van der Waals surface area contributed by atoms with Crippen molar-refractivity contribution in [2.45, 2.75) is 51.4 Å². The van der Waals surface area contributed by atoms with Crippen LogP contribution in [0.5, 0.6) is 0 Å². The quantitative estimate of drug-likeness (QED) is 0.0650. The van der Waals surface area contributed by atoms with Crippen molar-refractivity contribution in [2.75, 3.05) is 0 Å². The fourth-order valence-corrected chi connectivity index (χ4v) is 19.6. The summed E-state index contributed by atoms with van der Waals surface area (Å²) < 4.78 is 0. The summed E-state index contributed by atoms with van der Waals surface area (Å²) in [4.78, 5) is 0. The summed E-state index contributed by atoms with van der Waals surface area (Å²) in [5.41, 5.74) is 0. The third-order valence-electron chi connectivity index (χ3n) is 14.8. The van der Waals surface area contributed by atoms with Gasteiger partial charge in [-0.1, -0.05) is 413 Å². The molecule has 94 heavy (non-hydrogen) atoms. The van der Waals surface area contributed by atoms with Gasteiger partial charge < -0.3 is 0 Å². The van der Waals surface area contributed by atoms with Gasteiger partial charge in [0.25, 0.3) is 0 Å².